The number of thiazole rings is 1. The van der Waals surface area contributed by atoms with Gasteiger partial charge in [0.2, 0.25) is 0 Å². The number of aliphatic hydroxyl groups is 1. The number of hydrogen-bond acceptors (Lipinski definition) is 4. The number of benzene rings is 1. The summed E-state index contributed by atoms with van der Waals surface area (Å²) >= 11 is 7.23. The van der Waals surface area contributed by atoms with Crippen molar-refractivity contribution in [1.82, 2.24) is 10.3 Å². The molecule has 2 N–H and O–H groups in total. The second kappa shape index (κ2) is 7.54. The van der Waals surface area contributed by atoms with Crippen LogP contribution >= 0.6 is 22.9 Å². The summed E-state index contributed by atoms with van der Waals surface area (Å²) in [7, 11) is 0. The minimum absolute atomic E-state index is 0.173. The number of aromatic nitrogens is 1. The number of nitrogens with one attached hydrogen (secondary N) is 1. The SMILES string of the molecule is CCCc1ncc(C(=O)NC(CO)c2ccc(Cl)cc2)s1. The molecular formula is C15H17ClN2O2S. The van der Waals surface area contributed by atoms with E-state index in [0.29, 0.717) is 9.90 Å². The first-order valence-electron chi connectivity index (χ1n) is 6.76. The predicted octanol–water partition coefficient (Wildman–Crippen LogP) is 3.21. The van der Waals surface area contributed by atoms with Gasteiger partial charge >= 0.3 is 0 Å². The molecule has 112 valence electrons. The summed E-state index contributed by atoms with van der Waals surface area (Å²) in [6.45, 7) is 1.90. The van der Waals surface area contributed by atoms with Crippen LogP contribution in [0.3, 0.4) is 0 Å². The maximum absolute atomic E-state index is 12.2. The van der Waals surface area contributed by atoms with E-state index in [4.69, 9.17) is 11.6 Å². The minimum atomic E-state index is -0.452. The van der Waals surface area contributed by atoms with Gasteiger partial charge in [0.1, 0.15) is 4.88 Å². The van der Waals surface area contributed by atoms with Gasteiger partial charge in [0, 0.05) is 5.02 Å². The van der Waals surface area contributed by atoms with Crippen LogP contribution in [0.25, 0.3) is 0 Å². The van der Waals surface area contributed by atoms with Crippen LogP contribution in [0.5, 0.6) is 0 Å². The van der Waals surface area contributed by atoms with Crippen molar-refractivity contribution >= 4 is 28.8 Å². The maximum atomic E-state index is 12.2. The lowest BCUT2D eigenvalue weighted by atomic mass is 10.1. The third-order valence-electron chi connectivity index (χ3n) is 3.00. The Morgan fingerprint density at radius 3 is 2.76 bits per heavy atom. The average Bonchev–Trinajstić information content (AvgIpc) is 2.95. The average molecular weight is 325 g/mol. The molecule has 21 heavy (non-hydrogen) atoms. The molecule has 0 aliphatic heterocycles. The van der Waals surface area contributed by atoms with Gasteiger partial charge in [0.05, 0.1) is 23.9 Å². The number of aryl methyl sites for hydroxylation is 1. The summed E-state index contributed by atoms with van der Waals surface area (Å²) in [4.78, 5) is 17.0. The highest BCUT2D eigenvalue weighted by Crippen LogP contribution is 2.19. The molecule has 4 nitrogen and oxygen atoms in total. The largest absolute Gasteiger partial charge is 0.394 e. The van der Waals surface area contributed by atoms with Gasteiger partial charge < -0.3 is 10.4 Å². The highest BCUT2D eigenvalue weighted by Gasteiger charge is 2.17. The molecule has 0 saturated heterocycles. The van der Waals surface area contributed by atoms with Gasteiger partial charge in [0.25, 0.3) is 5.91 Å². The van der Waals surface area contributed by atoms with Crippen molar-refractivity contribution in [3.63, 3.8) is 0 Å². The first-order chi connectivity index (χ1) is 10.1. The standard InChI is InChI=1S/C15H17ClN2O2S/c1-2-3-14-17-8-13(21-14)15(20)18-12(9-19)10-4-6-11(16)7-5-10/h4-8,12,19H,2-3,9H2,1H3,(H,18,20). The van der Waals surface area contributed by atoms with Crippen molar-refractivity contribution in [1.29, 1.82) is 0 Å². The molecular weight excluding hydrogens is 308 g/mol. The third-order valence-corrected chi connectivity index (χ3v) is 4.31. The first kappa shape index (κ1) is 15.9. The van der Waals surface area contributed by atoms with Gasteiger partial charge in [-0.05, 0) is 30.5 Å². The Hall–Kier alpha value is -1.43. The molecule has 1 aromatic carbocycles. The Morgan fingerprint density at radius 2 is 2.14 bits per heavy atom. The molecule has 1 heterocycles. The van der Waals surface area contributed by atoms with E-state index in [1.807, 2.05) is 0 Å². The molecule has 0 aliphatic carbocycles. The van der Waals surface area contributed by atoms with Gasteiger partial charge in [-0.3, -0.25) is 4.79 Å². The topological polar surface area (TPSA) is 62.2 Å². The second-order valence-corrected chi connectivity index (χ2v) is 6.18. The third kappa shape index (κ3) is 4.27. The Bertz CT molecular complexity index is 598. The number of hydrogen-bond donors (Lipinski definition) is 2. The molecule has 0 radical (unpaired) electrons. The number of nitrogens with zero attached hydrogens (tertiary/aromatic N) is 1. The van der Waals surface area contributed by atoms with Crippen LogP contribution in [0, 0.1) is 0 Å². The molecule has 0 saturated carbocycles. The van der Waals surface area contributed by atoms with Crippen LogP contribution in [0.1, 0.15) is 39.6 Å². The zero-order valence-electron chi connectivity index (χ0n) is 11.7. The Labute approximate surface area is 132 Å². The van der Waals surface area contributed by atoms with E-state index in [1.54, 1.807) is 30.5 Å². The maximum Gasteiger partial charge on any atom is 0.263 e. The molecule has 0 aliphatic rings. The van der Waals surface area contributed by atoms with Gasteiger partial charge in [0.15, 0.2) is 0 Å². The fraction of sp³-hybridized carbons (Fsp3) is 0.333. The lowest BCUT2D eigenvalue weighted by Crippen LogP contribution is -2.30. The summed E-state index contributed by atoms with van der Waals surface area (Å²) < 4.78 is 0. The quantitative estimate of drug-likeness (QED) is 0.857. The fourth-order valence-electron chi connectivity index (χ4n) is 1.90. The van der Waals surface area contributed by atoms with Crippen LogP contribution < -0.4 is 5.32 Å². The highest BCUT2D eigenvalue weighted by molar-refractivity contribution is 7.13. The summed E-state index contributed by atoms with van der Waals surface area (Å²) in [5.74, 6) is -0.219. The second-order valence-electron chi connectivity index (χ2n) is 4.63. The minimum Gasteiger partial charge on any atom is -0.394 e. The van der Waals surface area contributed by atoms with E-state index in [9.17, 15) is 9.90 Å². The van der Waals surface area contributed by atoms with Crippen molar-refractivity contribution in [2.24, 2.45) is 0 Å². The van der Waals surface area contributed by atoms with E-state index in [2.05, 4.69) is 17.2 Å². The monoisotopic (exact) mass is 324 g/mol. The van der Waals surface area contributed by atoms with Gasteiger partial charge in [-0.15, -0.1) is 11.3 Å². The molecule has 0 spiro atoms. The normalized spacial score (nSPS) is 12.1. The zero-order chi connectivity index (χ0) is 15.2. The molecule has 6 heteroatoms. The van der Waals surface area contributed by atoms with Crippen molar-refractivity contribution in [2.75, 3.05) is 6.61 Å². The Balaban J connectivity index is 2.06. The molecule has 1 atom stereocenters. The summed E-state index contributed by atoms with van der Waals surface area (Å²) in [6, 6.07) is 6.60. The number of halogens is 1. The Morgan fingerprint density at radius 1 is 1.43 bits per heavy atom. The first-order valence-corrected chi connectivity index (χ1v) is 7.95. The number of carbonyl (C=O) groups excluding carboxylic acids is 1. The van der Waals surface area contributed by atoms with Gasteiger partial charge in [-0.2, -0.15) is 0 Å². The van der Waals surface area contributed by atoms with E-state index in [0.717, 1.165) is 23.4 Å². The van der Waals surface area contributed by atoms with Crippen LogP contribution in [-0.4, -0.2) is 22.6 Å². The van der Waals surface area contributed by atoms with Crippen molar-refractivity contribution in [2.45, 2.75) is 25.8 Å². The number of carbonyl (C=O) groups is 1. The smallest absolute Gasteiger partial charge is 0.263 e. The van der Waals surface area contributed by atoms with Crippen LogP contribution in [-0.2, 0) is 6.42 Å². The molecule has 1 aromatic heterocycles. The van der Waals surface area contributed by atoms with Gasteiger partial charge in [-0.1, -0.05) is 30.7 Å². The highest BCUT2D eigenvalue weighted by atomic mass is 35.5. The van der Waals surface area contributed by atoms with Crippen molar-refractivity contribution in [3.05, 3.63) is 50.9 Å². The molecule has 1 amide bonds. The number of rotatable bonds is 6. The molecule has 0 bridgehead atoms. The van der Waals surface area contributed by atoms with E-state index in [-0.39, 0.29) is 12.5 Å². The molecule has 1 unspecified atom stereocenters. The van der Waals surface area contributed by atoms with Crippen LogP contribution in [0.4, 0.5) is 0 Å². The van der Waals surface area contributed by atoms with Gasteiger partial charge in [-0.25, -0.2) is 4.98 Å². The fourth-order valence-corrected chi connectivity index (χ4v) is 2.95. The lowest BCUT2D eigenvalue weighted by Gasteiger charge is -2.16. The van der Waals surface area contributed by atoms with E-state index in [1.165, 1.54) is 11.3 Å². The predicted molar refractivity (Wildman–Crippen MR) is 84.9 cm³/mol. The van der Waals surface area contributed by atoms with Crippen LogP contribution in [0.2, 0.25) is 5.02 Å². The lowest BCUT2D eigenvalue weighted by molar-refractivity contribution is 0.0920. The molecule has 0 fully saturated rings. The molecule has 2 aromatic rings. The summed E-state index contributed by atoms with van der Waals surface area (Å²) in [5, 5.41) is 13.9. The number of aliphatic hydroxyl groups excluding tert-OH is 1. The summed E-state index contributed by atoms with van der Waals surface area (Å²) in [5.41, 5.74) is 0.813. The molecule has 2 rings (SSSR count). The van der Waals surface area contributed by atoms with E-state index >= 15 is 0 Å². The zero-order valence-corrected chi connectivity index (χ0v) is 13.2. The summed E-state index contributed by atoms with van der Waals surface area (Å²) in [6.07, 6.45) is 3.46. The number of amides is 1. The Kier molecular flexibility index (Phi) is 5.73. The van der Waals surface area contributed by atoms with Crippen molar-refractivity contribution in [3.8, 4) is 0 Å². The van der Waals surface area contributed by atoms with Crippen molar-refractivity contribution < 1.29 is 9.90 Å². The van der Waals surface area contributed by atoms with E-state index < -0.39 is 6.04 Å². The van der Waals surface area contributed by atoms with Crippen LogP contribution in [0.15, 0.2) is 30.5 Å².